The van der Waals surface area contributed by atoms with Crippen LogP contribution < -0.4 is 4.74 Å². The number of rotatable bonds is 8. The molecule has 2 fully saturated rings. The van der Waals surface area contributed by atoms with Crippen LogP contribution in [0.25, 0.3) is 22.2 Å². The Morgan fingerprint density at radius 2 is 1.76 bits per heavy atom. The van der Waals surface area contributed by atoms with Gasteiger partial charge in [0.1, 0.15) is 18.5 Å². The molecule has 4 aromatic rings. The Balaban J connectivity index is 1.33. The van der Waals surface area contributed by atoms with E-state index in [0.29, 0.717) is 19.6 Å². The fourth-order valence-electron chi connectivity index (χ4n) is 7.35. The summed E-state index contributed by atoms with van der Waals surface area (Å²) in [6.07, 6.45) is 5.87. The molecule has 0 bridgehead atoms. The molecule has 3 aliphatic rings. The van der Waals surface area contributed by atoms with E-state index in [9.17, 15) is 9.90 Å². The lowest BCUT2D eigenvalue weighted by Gasteiger charge is -2.33. The van der Waals surface area contributed by atoms with E-state index in [4.69, 9.17) is 9.47 Å². The van der Waals surface area contributed by atoms with Gasteiger partial charge >= 0.3 is 5.97 Å². The Labute approximate surface area is 263 Å². The summed E-state index contributed by atoms with van der Waals surface area (Å²) < 4.78 is 29.9. The number of aromatic nitrogens is 2. The maximum atomic E-state index is 15.8. The number of benzene rings is 2. The number of halogens is 1. The number of hydrogen-bond donors (Lipinski definition) is 1. The molecule has 8 nitrogen and oxygen atoms in total. The molecular formula is C36H41FN4O4. The van der Waals surface area contributed by atoms with Crippen LogP contribution in [0.5, 0.6) is 5.75 Å². The molecule has 2 aliphatic heterocycles. The number of nitrogens with zero attached hydrogens (tertiary/aromatic N) is 4. The smallest absolute Gasteiger partial charge is 0.335 e. The Bertz CT molecular complexity index is 1650. The number of morpholine rings is 1. The first kappa shape index (κ1) is 29.9. The lowest BCUT2D eigenvalue weighted by atomic mass is 9.80. The third-order valence-corrected chi connectivity index (χ3v) is 9.76. The number of carboxylic acids is 1. The highest BCUT2D eigenvalue weighted by Crippen LogP contribution is 2.47. The summed E-state index contributed by atoms with van der Waals surface area (Å²) >= 11 is 0. The summed E-state index contributed by atoms with van der Waals surface area (Å²) in [7, 11) is 0. The van der Waals surface area contributed by atoms with Crippen molar-refractivity contribution in [2.45, 2.75) is 57.5 Å². The van der Waals surface area contributed by atoms with Crippen molar-refractivity contribution in [2.75, 3.05) is 45.9 Å². The normalized spacial score (nSPS) is 21.1. The maximum Gasteiger partial charge on any atom is 0.335 e. The van der Waals surface area contributed by atoms with E-state index in [2.05, 4.69) is 31.5 Å². The molecule has 236 valence electrons. The molecular weight excluding hydrogens is 571 g/mol. The molecule has 45 heavy (non-hydrogen) atoms. The van der Waals surface area contributed by atoms with E-state index in [1.165, 1.54) is 0 Å². The number of carboxylic acid groups (broad SMARTS) is 1. The predicted octanol–water partition coefficient (Wildman–Crippen LogP) is 6.12. The lowest BCUT2D eigenvalue weighted by molar-refractivity contribution is 0.0327. The first-order valence-electron chi connectivity index (χ1n) is 16.3. The topological polar surface area (TPSA) is 80.1 Å². The molecule has 0 amide bonds. The van der Waals surface area contributed by atoms with E-state index in [0.717, 1.165) is 116 Å². The van der Waals surface area contributed by atoms with Crippen molar-refractivity contribution >= 4 is 16.9 Å². The molecule has 7 rings (SSSR count). The van der Waals surface area contributed by atoms with Crippen LogP contribution in [0.3, 0.4) is 0 Å². The van der Waals surface area contributed by atoms with Gasteiger partial charge < -0.3 is 19.1 Å². The molecule has 2 aromatic carbocycles. The number of pyridine rings is 1. The second-order valence-electron chi connectivity index (χ2n) is 12.6. The molecule has 1 saturated heterocycles. The predicted molar refractivity (Wildman–Crippen MR) is 172 cm³/mol. The van der Waals surface area contributed by atoms with Gasteiger partial charge in [0.15, 0.2) is 0 Å². The van der Waals surface area contributed by atoms with Crippen molar-refractivity contribution in [1.82, 2.24) is 19.4 Å². The second-order valence-corrected chi connectivity index (χ2v) is 12.6. The Hall–Kier alpha value is -3.79. The van der Waals surface area contributed by atoms with Crippen LogP contribution in [0, 0.1) is 0 Å². The average molecular weight is 613 g/mol. The minimum Gasteiger partial charge on any atom is -0.489 e. The average Bonchev–Trinajstić information content (AvgIpc) is 3.37. The minimum atomic E-state index is -0.954. The fourth-order valence-corrected chi connectivity index (χ4v) is 7.35. The summed E-state index contributed by atoms with van der Waals surface area (Å²) in [6.45, 7) is 7.96. The van der Waals surface area contributed by atoms with Crippen molar-refractivity contribution in [3.05, 3.63) is 83.2 Å². The Morgan fingerprint density at radius 3 is 2.56 bits per heavy atom. The summed E-state index contributed by atoms with van der Waals surface area (Å²) in [4.78, 5) is 21.1. The molecule has 9 heteroatoms. The summed E-state index contributed by atoms with van der Waals surface area (Å²) in [5, 5.41) is 10.9. The molecule has 0 unspecified atom stereocenters. The van der Waals surface area contributed by atoms with E-state index in [1.807, 2.05) is 24.3 Å². The van der Waals surface area contributed by atoms with Gasteiger partial charge in [-0.1, -0.05) is 18.9 Å². The van der Waals surface area contributed by atoms with Crippen molar-refractivity contribution in [3.8, 4) is 17.0 Å². The Morgan fingerprint density at radius 1 is 0.956 bits per heavy atom. The lowest BCUT2D eigenvalue weighted by Crippen LogP contribution is -2.42. The number of carbonyl (C=O) groups is 1. The van der Waals surface area contributed by atoms with Crippen LogP contribution in [-0.2, 0) is 24.4 Å². The monoisotopic (exact) mass is 612 g/mol. The Kier molecular flexibility index (Phi) is 8.83. The van der Waals surface area contributed by atoms with Crippen molar-refractivity contribution in [3.63, 3.8) is 0 Å². The zero-order chi connectivity index (χ0) is 30.8. The number of hydrogen-bond acceptors (Lipinski definition) is 6. The van der Waals surface area contributed by atoms with Crippen LogP contribution in [0.1, 0.15) is 58.6 Å². The van der Waals surface area contributed by atoms with Gasteiger partial charge in [0, 0.05) is 80.6 Å². The van der Waals surface area contributed by atoms with Crippen LogP contribution in [0.4, 0.5) is 4.39 Å². The van der Waals surface area contributed by atoms with Crippen molar-refractivity contribution < 1.29 is 23.8 Å². The van der Waals surface area contributed by atoms with Crippen LogP contribution in [0.15, 0.2) is 60.9 Å². The minimum absolute atomic E-state index is 0.222. The van der Waals surface area contributed by atoms with Gasteiger partial charge in [-0.2, -0.15) is 0 Å². The quantitative estimate of drug-likeness (QED) is 0.257. The van der Waals surface area contributed by atoms with Crippen molar-refractivity contribution in [2.24, 2.45) is 0 Å². The van der Waals surface area contributed by atoms with Gasteiger partial charge in [0.25, 0.3) is 0 Å². The van der Waals surface area contributed by atoms with Gasteiger partial charge in [0.05, 0.1) is 24.5 Å². The maximum absolute atomic E-state index is 15.8. The van der Waals surface area contributed by atoms with Gasteiger partial charge in [0.2, 0.25) is 0 Å². The number of alkyl halides is 1. The SMILES string of the molecule is O=C(O)c1ccc2c([C@H]3CCCC[C@@H]3F)c3n(c2c1)CCN(CCN1CCOCC1)Cc1cc(OCc2ccncc2)ccc1-3. The van der Waals surface area contributed by atoms with E-state index < -0.39 is 12.1 Å². The summed E-state index contributed by atoms with van der Waals surface area (Å²) in [5.41, 5.74) is 6.44. The number of ether oxygens (including phenoxy) is 2. The van der Waals surface area contributed by atoms with Crippen molar-refractivity contribution in [1.29, 1.82) is 0 Å². The molecule has 1 aliphatic carbocycles. The summed E-state index contributed by atoms with van der Waals surface area (Å²) in [6, 6.07) is 15.6. The third kappa shape index (κ3) is 6.34. The van der Waals surface area contributed by atoms with E-state index in [-0.39, 0.29) is 11.5 Å². The zero-order valence-corrected chi connectivity index (χ0v) is 25.7. The van der Waals surface area contributed by atoms with Gasteiger partial charge in [-0.3, -0.25) is 14.8 Å². The third-order valence-electron chi connectivity index (χ3n) is 9.76. The highest BCUT2D eigenvalue weighted by molar-refractivity contribution is 5.98. The second kappa shape index (κ2) is 13.3. The molecule has 2 aromatic heterocycles. The molecule has 4 heterocycles. The van der Waals surface area contributed by atoms with Gasteiger partial charge in [-0.25, -0.2) is 9.18 Å². The molecule has 1 N–H and O–H groups in total. The van der Waals surface area contributed by atoms with Gasteiger partial charge in [-0.05, 0) is 72.0 Å². The number of aromatic carboxylic acids is 1. The van der Waals surface area contributed by atoms with Crippen LogP contribution in [-0.4, -0.2) is 82.5 Å². The highest BCUT2D eigenvalue weighted by atomic mass is 19.1. The zero-order valence-electron chi connectivity index (χ0n) is 25.7. The highest BCUT2D eigenvalue weighted by Gasteiger charge is 2.34. The largest absolute Gasteiger partial charge is 0.489 e. The summed E-state index contributed by atoms with van der Waals surface area (Å²) in [5.74, 6) is -0.387. The van der Waals surface area contributed by atoms with E-state index in [1.54, 1.807) is 24.5 Å². The van der Waals surface area contributed by atoms with Crippen LogP contribution >= 0.6 is 0 Å². The molecule has 0 spiro atoms. The fraction of sp³-hybridized carbons (Fsp3) is 0.444. The van der Waals surface area contributed by atoms with Gasteiger partial charge in [-0.15, -0.1) is 0 Å². The standard InChI is InChI=1S/C36H41FN4O4/c37-32-4-2-1-3-30(32)34-31-7-5-26(36(42)43)22-33(31)41-16-15-40(14-13-39-17-19-44-20-18-39)23-27-21-28(6-8-29(27)35(34)41)45-24-25-9-11-38-12-10-25/h5-12,21-22,30,32H,1-4,13-20,23-24H2,(H,42,43)/t30-,32-/m0/s1. The molecule has 2 atom stereocenters. The van der Waals surface area contributed by atoms with Crippen LogP contribution in [0.2, 0.25) is 0 Å². The van der Waals surface area contributed by atoms with E-state index >= 15 is 4.39 Å². The first-order chi connectivity index (χ1) is 22.0. The number of fused-ring (bicyclic) bond motifs is 5. The molecule has 1 saturated carbocycles. The molecule has 0 radical (unpaired) electrons. The first-order valence-corrected chi connectivity index (χ1v) is 16.3.